The fourth-order valence-corrected chi connectivity index (χ4v) is 5.45. The maximum Gasteiger partial charge on any atom is 0.419 e. The molecule has 1 atom stereocenters. The van der Waals surface area contributed by atoms with E-state index in [1.54, 1.807) is 12.1 Å². The van der Waals surface area contributed by atoms with Gasteiger partial charge in [0.1, 0.15) is 27.7 Å². The summed E-state index contributed by atoms with van der Waals surface area (Å²) < 4.78 is 83.1. The van der Waals surface area contributed by atoms with Crippen molar-refractivity contribution in [3.63, 3.8) is 0 Å². The molecule has 0 fully saturated rings. The molecule has 0 radical (unpaired) electrons. The van der Waals surface area contributed by atoms with Crippen LogP contribution < -0.4 is 15.8 Å². The zero-order valence-electron chi connectivity index (χ0n) is 18.9. The zero-order valence-corrected chi connectivity index (χ0v) is 19.7. The molecule has 0 saturated carbocycles. The Morgan fingerprint density at radius 3 is 2.49 bits per heavy atom. The normalized spacial score (nSPS) is 22.4. The molecule has 0 amide bonds. The summed E-state index contributed by atoms with van der Waals surface area (Å²) in [5.74, 6) is -2.42. The van der Waals surface area contributed by atoms with Gasteiger partial charge in [-0.1, -0.05) is 0 Å². The van der Waals surface area contributed by atoms with Crippen LogP contribution in [0.3, 0.4) is 0 Å². The number of aromatic nitrogens is 2. The van der Waals surface area contributed by atoms with E-state index in [2.05, 4.69) is 20.3 Å². The Balaban J connectivity index is 1.85. The Kier molecular flexibility index (Phi) is 5.85. The van der Waals surface area contributed by atoms with Crippen molar-refractivity contribution in [3.8, 4) is 5.75 Å². The molecule has 13 heteroatoms. The van der Waals surface area contributed by atoms with Crippen LogP contribution in [-0.2, 0) is 5.54 Å². The second kappa shape index (κ2) is 8.21. The topological polar surface area (TPSA) is 126 Å². The molecule has 1 aromatic carbocycles. The van der Waals surface area contributed by atoms with Crippen LogP contribution in [0.15, 0.2) is 47.7 Å². The molecule has 5 N–H and O–H groups in total. The van der Waals surface area contributed by atoms with E-state index < -0.39 is 50.0 Å². The highest BCUT2D eigenvalue weighted by Gasteiger charge is 2.64. The number of hydrogen-bond acceptors (Lipinski definition) is 8. The summed E-state index contributed by atoms with van der Waals surface area (Å²) >= 11 is 0. The number of fused-ring (bicyclic) bond motifs is 1. The second-order valence-electron chi connectivity index (χ2n) is 8.60. The molecule has 3 heterocycles. The first-order valence-electron chi connectivity index (χ1n) is 10.3. The number of ether oxygens (including phenoxy) is 1. The summed E-state index contributed by atoms with van der Waals surface area (Å²) in [6, 6.07) is 6.36. The highest BCUT2D eigenvalue weighted by atomic mass is 32.3. The number of nitrogens with one attached hydrogen (secondary N) is 1. The largest absolute Gasteiger partial charge is 0.495 e. The average Bonchev–Trinajstić information content (AvgIpc) is 2.77. The van der Waals surface area contributed by atoms with Crippen molar-refractivity contribution in [1.29, 1.82) is 0 Å². The summed E-state index contributed by atoms with van der Waals surface area (Å²) in [5, 5.41) is 3.51. The fourth-order valence-electron chi connectivity index (χ4n) is 3.75. The molecule has 1 aliphatic rings. The molecule has 8 nitrogen and oxygen atoms in total. The smallest absolute Gasteiger partial charge is 0.419 e. The summed E-state index contributed by atoms with van der Waals surface area (Å²) in [6.07, 6.45) is -2.26. The monoisotopic (exact) mass is 513 g/mol. The van der Waals surface area contributed by atoms with Gasteiger partial charge in [-0.25, -0.2) is 19.4 Å². The number of benzene rings is 1. The van der Waals surface area contributed by atoms with Crippen molar-refractivity contribution < 1.29 is 31.4 Å². The molecule has 188 valence electrons. The quantitative estimate of drug-likeness (QED) is 0.354. The van der Waals surface area contributed by atoms with E-state index in [0.29, 0.717) is 16.7 Å². The molecular formula is C22H23F4N5O3S. The molecule has 0 aliphatic carbocycles. The molecule has 35 heavy (non-hydrogen) atoms. The summed E-state index contributed by atoms with van der Waals surface area (Å²) in [7, 11) is -2.49. The molecule has 0 unspecified atom stereocenters. The van der Waals surface area contributed by atoms with Gasteiger partial charge in [0.15, 0.2) is 5.82 Å². The lowest BCUT2D eigenvalue weighted by atomic mass is 9.89. The molecule has 0 bridgehead atoms. The van der Waals surface area contributed by atoms with Crippen LogP contribution >= 0.6 is 10.6 Å². The maximum atomic E-state index is 14.9. The molecule has 0 spiro atoms. The van der Waals surface area contributed by atoms with Gasteiger partial charge in [-0.15, -0.1) is 0 Å². The van der Waals surface area contributed by atoms with E-state index >= 15 is 0 Å². The summed E-state index contributed by atoms with van der Waals surface area (Å²) in [4.78, 5) is 12.1. The SMILES string of the molecule is COc1cnc2c(Nc3ccc(F)c([C@]4(C(F)(F)F)CS(O)(O)C(C)(C)C(N)=N4)c3)nccc2c1. The number of hydrogen-bond donors (Lipinski definition) is 4. The van der Waals surface area contributed by atoms with Crippen LogP contribution in [-0.4, -0.2) is 48.7 Å². The third kappa shape index (κ3) is 4.02. The van der Waals surface area contributed by atoms with E-state index in [1.165, 1.54) is 39.4 Å². The van der Waals surface area contributed by atoms with E-state index in [1.807, 2.05) is 0 Å². The van der Waals surface area contributed by atoms with Gasteiger partial charge in [-0.3, -0.25) is 9.11 Å². The molecule has 1 aliphatic heterocycles. The second-order valence-corrected chi connectivity index (χ2v) is 11.2. The van der Waals surface area contributed by atoms with Gasteiger partial charge in [-0.2, -0.15) is 23.8 Å². The van der Waals surface area contributed by atoms with Crippen LogP contribution in [0.4, 0.5) is 29.1 Å². The number of amidine groups is 1. The van der Waals surface area contributed by atoms with Crippen molar-refractivity contribution in [1.82, 2.24) is 9.97 Å². The van der Waals surface area contributed by atoms with Gasteiger partial charge >= 0.3 is 6.18 Å². The lowest BCUT2D eigenvalue weighted by Gasteiger charge is -2.54. The predicted octanol–water partition coefficient (Wildman–Crippen LogP) is 5.18. The number of nitrogens with zero attached hydrogens (tertiary/aromatic N) is 3. The van der Waals surface area contributed by atoms with E-state index in [4.69, 9.17) is 10.5 Å². The number of halogens is 4. The third-order valence-corrected chi connectivity index (χ3v) is 8.77. The minimum absolute atomic E-state index is 0.0535. The van der Waals surface area contributed by atoms with Crippen LogP contribution in [0, 0.1) is 5.82 Å². The molecule has 3 aromatic rings. The van der Waals surface area contributed by atoms with Gasteiger partial charge in [0, 0.05) is 22.8 Å². The van der Waals surface area contributed by atoms with Crippen molar-refractivity contribution in [2.75, 3.05) is 18.2 Å². The van der Waals surface area contributed by atoms with E-state index in [0.717, 1.165) is 12.1 Å². The number of methoxy groups -OCH3 is 1. The third-order valence-electron chi connectivity index (χ3n) is 6.11. The van der Waals surface area contributed by atoms with Crippen molar-refractivity contribution in [3.05, 3.63) is 54.1 Å². The highest BCUT2D eigenvalue weighted by molar-refractivity contribution is 8.26. The van der Waals surface area contributed by atoms with E-state index in [-0.39, 0.29) is 11.5 Å². The minimum atomic E-state index is -5.19. The molecular weight excluding hydrogens is 490 g/mol. The van der Waals surface area contributed by atoms with Gasteiger partial charge in [0.25, 0.3) is 0 Å². The van der Waals surface area contributed by atoms with Crippen LogP contribution in [0.1, 0.15) is 19.4 Å². The summed E-state index contributed by atoms with van der Waals surface area (Å²) in [5.41, 5.74) is 2.04. The van der Waals surface area contributed by atoms with Crippen molar-refractivity contribution in [2.45, 2.75) is 30.3 Å². The standard InChI is InChI=1S/C22H23F4N5O3S/c1-20(2)19(27)31-21(22(24,25)26,11-35(20,32)33)15-9-13(4-5-16(15)23)30-18-17-12(6-7-28-18)8-14(34-3)10-29-17/h4-10,32-33H,11H2,1-3H3,(H2,27,31)(H,28,30)/t21-/m0/s1. The zero-order chi connectivity index (χ0) is 25.8. The average molecular weight is 514 g/mol. The Bertz CT molecular complexity index is 1330. The maximum absolute atomic E-state index is 14.9. The Morgan fingerprint density at radius 2 is 1.86 bits per heavy atom. The van der Waals surface area contributed by atoms with E-state index in [9.17, 15) is 26.7 Å². The minimum Gasteiger partial charge on any atom is -0.495 e. The lowest BCUT2D eigenvalue weighted by Crippen LogP contribution is -2.57. The fraction of sp³-hybridized carbons (Fsp3) is 0.318. The number of aliphatic imine (C=N–C) groups is 1. The van der Waals surface area contributed by atoms with Gasteiger partial charge in [-0.05, 0) is 44.2 Å². The van der Waals surface area contributed by atoms with Crippen LogP contribution in [0.2, 0.25) is 0 Å². The number of anilines is 2. The van der Waals surface area contributed by atoms with Gasteiger partial charge < -0.3 is 15.8 Å². The Hall–Kier alpha value is -3.16. The van der Waals surface area contributed by atoms with Gasteiger partial charge in [0.05, 0.1) is 19.1 Å². The van der Waals surface area contributed by atoms with Crippen molar-refractivity contribution >= 4 is 38.8 Å². The Labute approximate surface area is 199 Å². The van der Waals surface area contributed by atoms with Crippen LogP contribution in [0.5, 0.6) is 5.75 Å². The molecule has 4 rings (SSSR count). The molecule has 0 saturated heterocycles. The lowest BCUT2D eigenvalue weighted by molar-refractivity contribution is -0.183. The van der Waals surface area contributed by atoms with Crippen LogP contribution in [0.25, 0.3) is 10.9 Å². The summed E-state index contributed by atoms with van der Waals surface area (Å²) in [6.45, 7) is 2.56. The predicted molar refractivity (Wildman–Crippen MR) is 127 cm³/mol. The number of rotatable bonds is 4. The first-order chi connectivity index (χ1) is 16.2. The number of alkyl halides is 3. The highest BCUT2D eigenvalue weighted by Crippen LogP contribution is 2.62. The first kappa shape index (κ1) is 24.9. The number of pyridine rings is 2. The first-order valence-corrected chi connectivity index (χ1v) is 12.0. The molecule has 2 aromatic heterocycles. The van der Waals surface area contributed by atoms with Gasteiger partial charge in [0.2, 0.25) is 5.54 Å². The Morgan fingerprint density at radius 1 is 1.14 bits per heavy atom. The number of nitrogens with two attached hydrogens (primary N) is 1. The van der Waals surface area contributed by atoms with Crippen molar-refractivity contribution in [2.24, 2.45) is 10.7 Å².